The summed E-state index contributed by atoms with van der Waals surface area (Å²) in [7, 11) is 0. The summed E-state index contributed by atoms with van der Waals surface area (Å²) >= 11 is 0. The Hall–Kier alpha value is -2.37. The van der Waals surface area contributed by atoms with Gasteiger partial charge in [-0.3, -0.25) is 0 Å². The second kappa shape index (κ2) is 7.95. The van der Waals surface area contributed by atoms with Crippen molar-refractivity contribution in [3.05, 3.63) is 30.2 Å². The second-order valence-electron chi connectivity index (χ2n) is 7.00. The van der Waals surface area contributed by atoms with Crippen molar-refractivity contribution in [2.75, 3.05) is 29.0 Å². The van der Waals surface area contributed by atoms with Gasteiger partial charge in [0.15, 0.2) is 11.6 Å². The number of nitrogens with two attached hydrogens (primary N) is 1. The summed E-state index contributed by atoms with van der Waals surface area (Å²) in [5, 5.41) is 3.19. The normalized spacial score (nSPS) is 11.1. The fourth-order valence-corrected chi connectivity index (χ4v) is 2.53. The molecule has 0 amide bonds. The number of nitrogen functional groups attached to an aromatic ring is 1. The van der Waals surface area contributed by atoms with Crippen LogP contribution in [0, 0.1) is 18.8 Å². The molecule has 6 nitrogen and oxygen atoms in total. The van der Waals surface area contributed by atoms with E-state index in [2.05, 4.69) is 52.9 Å². The van der Waals surface area contributed by atoms with Crippen LogP contribution in [0.4, 0.5) is 23.1 Å². The van der Waals surface area contributed by atoms with Gasteiger partial charge in [0.25, 0.3) is 0 Å². The lowest BCUT2D eigenvalue weighted by atomic mass is 10.1. The number of anilines is 4. The maximum atomic E-state index is 6.36. The fraction of sp³-hybridized carbons (Fsp3) is 0.500. The van der Waals surface area contributed by atoms with E-state index in [0.29, 0.717) is 23.3 Å². The molecule has 0 saturated heterocycles. The van der Waals surface area contributed by atoms with E-state index >= 15 is 0 Å². The first kappa shape index (κ1) is 18.0. The molecule has 0 bridgehead atoms. The summed E-state index contributed by atoms with van der Waals surface area (Å²) in [4.78, 5) is 15.3. The average molecular weight is 328 g/mol. The monoisotopic (exact) mass is 328 g/mol. The molecule has 0 aliphatic carbocycles. The Labute approximate surface area is 144 Å². The average Bonchev–Trinajstić information content (AvgIpc) is 2.50. The molecular weight excluding hydrogens is 300 g/mol. The predicted molar refractivity (Wildman–Crippen MR) is 101 cm³/mol. The van der Waals surface area contributed by atoms with Crippen molar-refractivity contribution in [3.63, 3.8) is 0 Å². The Kier molecular flexibility index (Phi) is 5.95. The third-order valence-corrected chi connectivity index (χ3v) is 3.49. The summed E-state index contributed by atoms with van der Waals surface area (Å²) < 4.78 is 0. The number of aromatic nitrogens is 3. The van der Waals surface area contributed by atoms with Gasteiger partial charge in [-0.15, -0.1) is 0 Å². The van der Waals surface area contributed by atoms with Crippen molar-refractivity contribution < 1.29 is 0 Å². The van der Waals surface area contributed by atoms with Crippen molar-refractivity contribution in [3.8, 4) is 0 Å². The predicted octanol–water partition coefficient (Wildman–Crippen LogP) is 3.62. The smallest absolute Gasteiger partial charge is 0.160 e. The van der Waals surface area contributed by atoms with E-state index in [1.54, 1.807) is 6.33 Å². The summed E-state index contributed by atoms with van der Waals surface area (Å²) in [6.07, 6.45) is 3.36. The molecule has 2 rings (SSSR count). The lowest BCUT2D eigenvalue weighted by molar-refractivity contribution is 0.549. The Morgan fingerprint density at radius 2 is 1.71 bits per heavy atom. The summed E-state index contributed by atoms with van der Waals surface area (Å²) in [6, 6.07) is 3.91. The molecule has 0 saturated carbocycles. The second-order valence-corrected chi connectivity index (χ2v) is 7.00. The first-order valence-electron chi connectivity index (χ1n) is 8.42. The number of pyridine rings is 1. The van der Waals surface area contributed by atoms with E-state index in [1.807, 2.05) is 25.3 Å². The molecule has 130 valence electrons. The number of hydrogen-bond donors (Lipinski definition) is 2. The van der Waals surface area contributed by atoms with Crippen molar-refractivity contribution in [1.29, 1.82) is 0 Å². The number of aryl methyl sites for hydroxylation is 1. The number of nitrogens with one attached hydrogen (secondary N) is 1. The Morgan fingerprint density at radius 1 is 1.04 bits per heavy atom. The molecule has 2 aromatic heterocycles. The highest BCUT2D eigenvalue weighted by atomic mass is 15.2. The van der Waals surface area contributed by atoms with Crippen LogP contribution in [0.5, 0.6) is 0 Å². The van der Waals surface area contributed by atoms with Gasteiger partial charge < -0.3 is 16.0 Å². The van der Waals surface area contributed by atoms with Gasteiger partial charge in [0, 0.05) is 19.3 Å². The SMILES string of the molecule is Cc1ccc(Nc2ncnc(N(CC(C)C)CC(C)C)c2N)nc1. The maximum absolute atomic E-state index is 6.36. The largest absolute Gasteiger partial charge is 0.393 e. The number of nitrogens with zero attached hydrogens (tertiary/aromatic N) is 4. The van der Waals surface area contributed by atoms with Crippen LogP contribution in [0.2, 0.25) is 0 Å². The van der Waals surface area contributed by atoms with Gasteiger partial charge in [0.2, 0.25) is 0 Å². The van der Waals surface area contributed by atoms with E-state index in [9.17, 15) is 0 Å². The Balaban J connectivity index is 2.28. The molecule has 0 fully saturated rings. The van der Waals surface area contributed by atoms with Crippen LogP contribution < -0.4 is 16.0 Å². The zero-order valence-electron chi connectivity index (χ0n) is 15.2. The third kappa shape index (κ3) is 4.81. The van der Waals surface area contributed by atoms with Gasteiger partial charge >= 0.3 is 0 Å². The topological polar surface area (TPSA) is 80.0 Å². The molecule has 6 heteroatoms. The van der Waals surface area contributed by atoms with Gasteiger partial charge in [-0.25, -0.2) is 15.0 Å². The van der Waals surface area contributed by atoms with E-state index in [1.165, 1.54) is 0 Å². The van der Waals surface area contributed by atoms with Crippen molar-refractivity contribution >= 4 is 23.1 Å². The van der Waals surface area contributed by atoms with Crippen LogP contribution in [0.1, 0.15) is 33.3 Å². The molecule has 24 heavy (non-hydrogen) atoms. The lowest BCUT2D eigenvalue weighted by Gasteiger charge is -2.28. The van der Waals surface area contributed by atoms with Crippen LogP contribution in [0.25, 0.3) is 0 Å². The first-order valence-corrected chi connectivity index (χ1v) is 8.42. The van der Waals surface area contributed by atoms with Crippen LogP contribution >= 0.6 is 0 Å². The molecule has 0 aliphatic heterocycles. The summed E-state index contributed by atoms with van der Waals surface area (Å²) in [6.45, 7) is 12.6. The van der Waals surface area contributed by atoms with Crippen LogP contribution in [0.15, 0.2) is 24.7 Å². The highest BCUT2D eigenvalue weighted by Crippen LogP contribution is 2.29. The molecule has 0 aromatic carbocycles. The maximum Gasteiger partial charge on any atom is 0.160 e. The van der Waals surface area contributed by atoms with Gasteiger partial charge in [-0.2, -0.15) is 0 Å². The molecule has 0 radical (unpaired) electrons. The Morgan fingerprint density at radius 3 is 2.25 bits per heavy atom. The zero-order chi connectivity index (χ0) is 17.7. The molecule has 0 spiro atoms. The molecule has 3 N–H and O–H groups in total. The minimum atomic E-state index is 0.522. The quantitative estimate of drug-likeness (QED) is 0.808. The third-order valence-electron chi connectivity index (χ3n) is 3.49. The lowest BCUT2D eigenvalue weighted by Crippen LogP contribution is -2.32. The van der Waals surface area contributed by atoms with E-state index in [-0.39, 0.29) is 0 Å². The highest BCUT2D eigenvalue weighted by Gasteiger charge is 2.17. The summed E-state index contributed by atoms with van der Waals surface area (Å²) in [5.41, 5.74) is 8.02. The standard InChI is InChI=1S/C18H28N6/c1-12(2)9-24(10-13(3)4)18-16(19)17(21-11-22-18)23-15-7-6-14(5)8-20-15/h6-8,11-13H,9-10,19H2,1-5H3,(H,20,21,22,23). The Bertz CT molecular complexity index is 641. The van der Waals surface area contributed by atoms with Crippen molar-refractivity contribution in [2.24, 2.45) is 11.8 Å². The van der Waals surface area contributed by atoms with Crippen LogP contribution in [-0.2, 0) is 0 Å². The van der Waals surface area contributed by atoms with Crippen molar-refractivity contribution in [1.82, 2.24) is 15.0 Å². The van der Waals surface area contributed by atoms with E-state index < -0.39 is 0 Å². The molecule has 2 heterocycles. The first-order chi connectivity index (χ1) is 11.4. The minimum absolute atomic E-state index is 0.522. The van der Waals surface area contributed by atoms with Gasteiger partial charge in [-0.1, -0.05) is 33.8 Å². The van der Waals surface area contributed by atoms with E-state index in [4.69, 9.17) is 5.73 Å². The number of hydrogen-bond acceptors (Lipinski definition) is 6. The van der Waals surface area contributed by atoms with Gasteiger partial charge in [0.05, 0.1) is 0 Å². The molecule has 0 atom stereocenters. The number of rotatable bonds is 7. The molecular formula is C18H28N6. The van der Waals surface area contributed by atoms with E-state index in [0.717, 1.165) is 30.3 Å². The van der Waals surface area contributed by atoms with Crippen LogP contribution in [0.3, 0.4) is 0 Å². The molecule has 0 unspecified atom stereocenters. The highest BCUT2D eigenvalue weighted by molar-refractivity contribution is 5.77. The van der Waals surface area contributed by atoms with Gasteiger partial charge in [-0.05, 0) is 30.4 Å². The summed E-state index contributed by atoms with van der Waals surface area (Å²) in [5.74, 6) is 3.13. The fourth-order valence-electron chi connectivity index (χ4n) is 2.53. The zero-order valence-corrected chi connectivity index (χ0v) is 15.2. The molecule has 0 aliphatic rings. The van der Waals surface area contributed by atoms with Crippen LogP contribution in [-0.4, -0.2) is 28.0 Å². The minimum Gasteiger partial charge on any atom is -0.393 e. The van der Waals surface area contributed by atoms with Crippen molar-refractivity contribution in [2.45, 2.75) is 34.6 Å². The molecule has 2 aromatic rings. The van der Waals surface area contributed by atoms with Gasteiger partial charge in [0.1, 0.15) is 17.8 Å².